The van der Waals surface area contributed by atoms with Gasteiger partial charge in [0.15, 0.2) is 5.82 Å². The maximum atomic E-state index is 12.0. The predicted molar refractivity (Wildman–Crippen MR) is 100 cm³/mol. The summed E-state index contributed by atoms with van der Waals surface area (Å²) in [5.74, 6) is 1.28. The molecule has 0 spiro atoms. The second kappa shape index (κ2) is 8.61. The average Bonchev–Trinajstić information content (AvgIpc) is 3.21. The van der Waals surface area contributed by atoms with Gasteiger partial charge in [-0.2, -0.15) is 5.10 Å². The Balaban J connectivity index is 1.42. The molecule has 134 valence electrons. The summed E-state index contributed by atoms with van der Waals surface area (Å²) < 4.78 is 1.64. The molecular formula is C18H21N7O. The zero-order chi connectivity index (χ0) is 18.2. The lowest BCUT2D eigenvalue weighted by Gasteiger charge is -2.11. The average molecular weight is 351 g/mol. The lowest BCUT2D eigenvalue weighted by molar-refractivity contribution is 0.252. The molecule has 3 N–H and O–H groups in total. The molecule has 0 radical (unpaired) electrons. The summed E-state index contributed by atoms with van der Waals surface area (Å²) in [5, 5.41) is 21.1. The van der Waals surface area contributed by atoms with E-state index >= 15 is 0 Å². The van der Waals surface area contributed by atoms with Crippen LogP contribution in [-0.2, 0) is 6.42 Å². The molecule has 1 aromatic carbocycles. The summed E-state index contributed by atoms with van der Waals surface area (Å²) in [6.07, 6.45) is 4.35. The van der Waals surface area contributed by atoms with Crippen LogP contribution in [0.15, 0.2) is 54.9 Å². The fourth-order valence-electron chi connectivity index (χ4n) is 2.43. The number of nitrogens with one attached hydrogen (secondary N) is 3. The number of anilines is 2. The molecule has 2 amide bonds. The van der Waals surface area contributed by atoms with E-state index in [0.717, 1.165) is 17.7 Å². The summed E-state index contributed by atoms with van der Waals surface area (Å²) in [5.41, 5.74) is 1.94. The van der Waals surface area contributed by atoms with Crippen molar-refractivity contribution in [2.45, 2.75) is 13.3 Å². The largest absolute Gasteiger partial charge is 0.367 e. The topological polar surface area (TPSA) is 96.8 Å². The number of aromatic nitrogens is 4. The SMILES string of the molecule is CCc1ccccc1NC(=O)NCCNc1ccc(-n2cccn2)nn1. The smallest absolute Gasteiger partial charge is 0.319 e. The molecule has 0 saturated heterocycles. The molecule has 3 rings (SSSR count). The molecule has 2 aromatic heterocycles. The Kier molecular flexibility index (Phi) is 5.76. The van der Waals surface area contributed by atoms with Crippen LogP contribution in [-0.4, -0.2) is 39.1 Å². The summed E-state index contributed by atoms with van der Waals surface area (Å²) >= 11 is 0. The van der Waals surface area contributed by atoms with Crippen molar-refractivity contribution in [3.05, 3.63) is 60.4 Å². The first kappa shape index (κ1) is 17.4. The molecule has 2 heterocycles. The van der Waals surface area contributed by atoms with E-state index in [4.69, 9.17) is 0 Å². The Morgan fingerprint density at radius 1 is 1.08 bits per heavy atom. The van der Waals surface area contributed by atoms with Gasteiger partial charge in [-0.3, -0.25) is 0 Å². The number of carbonyl (C=O) groups is 1. The zero-order valence-electron chi connectivity index (χ0n) is 14.5. The highest BCUT2D eigenvalue weighted by molar-refractivity contribution is 5.90. The second-order valence-electron chi connectivity index (χ2n) is 5.55. The van der Waals surface area contributed by atoms with E-state index in [1.165, 1.54) is 0 Å². The molecular weight excluding hydrogens is 330 g/mol. The van der Waals surface area contributed by atoms with Crippen molar-refractivity contribution < 1.29 is 4.79 Å². The third-order valence-corrected chi connectivity index (χ3v) is 3.75. The number of benzene rings is 1. The standard InChI is InChI=1S/C18H21N7O/c1-2-14-6-3-4-7-15(14)22-18(26)20-12-11-19-16-8-9-17(24-23-16)25-13-5-10-21-25/h3-10,13H,2,11-12H2,1H3,(H,19,23)(H2,20,22,26). The highest BCUT2D eigenvalue weighted by Gasteiger charge is 2.05. The van der Waals surface area contributed by atoms with Gasteiger partial charge in [-0.05, 0) is 36.2 Å². The van der Waals surface area contributed by atoms with Crippen molar-refractivity contribution in [3.8, 4) is 5.82 Å². The van der Waals surface area contributed by atoms with E-state index in [9.17, 15) is 4.79 Å². The van der Waals surface area contributed by atoms with Crippen molar-refractivity contribution in [1.82, 2.24) is 25.3 Å². The van der Waals surface area contributed by atoms with Gasteiger partial charge in [-0.25, -0.2) is 9.48 Å². The van der Waals surface area contributed by atoms with Crippen LogP contribution in [0.1, 0.15) is 12.5 Å². The number of rotatable bonds is 7. The van der Waals surface area contributed by atoms with Gasteiger partial charge in [0.25, 0.3) is 0 Å². The lowest BCUT2D eigenvalue weighted by atomic mass is 10.1. The Bertz CT molecular complexity index is 831. The van der Waals surface area contributed by atoms with Crippen molar-refractivity contribution >= 4 is 17.5 Å². The summed E-state index contributed by atoms with van der Waals surface area (Å²) in [6.45, 7) is 3.06. The van der Waals surface area contributed by atoms with Crippen LogP contribution in [0.3, 0.4) is 0 Å². The molecule has 8 nitrogen and oxygen atoms in total. The first-order chi connectivity index (χ1) is 12.8. The molecule has 0 aliphatic carbocycles. The molecule has 0 fully saturated rings. The maximum Gasteiger partial charge on any atom is 0.319 e. The van der Waals surface area contributed by atoms with Gasteiger partial charge in [-0.1, -0.05) is 25.1 Å². The summed E-state index contributed by atoms with van der Waals surface area (Å²) in [7, 11) is 0. The van der Waals surface area contributed by atoms with Crippen molar-refractivity contribution in [2.75, 3.05) is 23.7 Å². The number of amides is 2. The quantitative estimate of drug-likeness (QED) is 0.568. The Morgan fingerprint density at radius 2 is 1.96 bits per heavy atom. The number of para-hydroxylation sites is 1. The van der Waals surface area contributed by atoms with Gasteiger partial charge in [0.2, 0.25) is 0 Å². The molecule has 0 aliphatic rings. The number of carbonyl (C=O) groups excluding carboxylic acids is 1. The lowest BCUT2D eigenvalue weighted by Crippen LogP contribution is -2.33. The van der Waals surface area contributed by atoms with Gasteiger partial charge in [0.05, 0.1) is 0 Å². The number of hydrogen-bond donors (Lipinski definition) is 3. The van der Waals surface area contributed by atoms with E-state index in [0.29, 0.717) is 24.7 Å². The van der Waals surface area contributed by atoms with Crippen molar-refractivity contribution in [2.24, 2.45) is 0 Å². The molecule has 0 bridgehead atoms. The molecule has 0 saturated carbocycles. The van der Waals surface area contributed by atoms with Crippen LogP contribution >= 0.6 is 0 Å². The Labute approximate surface area is 151 Å². The molecule has 3 aromatic rings. The van der Waals surface area contributed by atoms with Crippen LogP contribution in [0.2, 0.25) is 0 Å². The monoisotopic (exact) mass is 351 g/mol. The van der Waals surface area contributed by atoms with E-state index in [-0.39, 0.29) is 6.03 Å². The van der Waals surface area contributed by atoms with Crippen LogP contribution in [0.5, 0.6) is 0 Å². The van der Waals surface area contributed by atoms with Crippen LogP contribution in [0, 0.1) is 0 Å². The van der Waals surface area contributed by atoms with Gasteiger partial charge in [-0.15, -0.1) is 10.2 Å². The van der Waals surface area contributed by atoms with Gasteiger partial charge in [0.1, 0.15) is 5.82 Å². The number of aryl methyl sites for hydroxylation is 1. The first-order valence-corrected chi connectivity index (χ1v) is 8.46. The fourth-order valence-corrected chi connectivity index (χ4v) is 2.43. The van der Waals surface area contributed by atoms with Crippen molar-refractivity contribution in [1.29, 1.82) is 0 Å². The van der Waals surface area contributed by atoms with Crippen LogP contribution in [0.4, 0.5) is 16.3 Å². The summed E-state index contributed by atoms with van der Waals surface area (Å²) in [4.78, 5) is 12.0. The van der Waals surface area contributed by atoms with Gasteiger partial charge < -0.3 is 16.0 Å². The molecule has 0 unspecified atom stereocenters. The van der Waals surface area contributed by atoms with Crippen molar-refractivity contribution in [3.63, 3.8) is 0 Å². The zero-order valence-corrected chi connectivity index (χ0v) is 14.5. The molecule has 0 atom stereocenters. The normalized spacial score (nSPS) is 10.3. The second-order valence-corrected chi connectivity index (χ2v) is 5.55. The molecule has 0 aliphatic heterocycles. The third kappa shape index (κ3) is 4.56. The number of nitrogens with zero attached hydrogens (tertiary/aromatic N) is 4. The first-order valence-electron chi connectivity index (χ1n) is 8.46. The maximum absolute atomic E-state index is 12.0. The van der Waals surface area contributed by atoms with E-state index in [1.807, 2.05) is 42.5 Å². The fraction of sp³-hybridized carbons (Fsp3) is 0.222. The summed E-state index contributed by atoms with van der Waals surface area (Å²) in [6, 6.07) is 13.0. The minimum Gasteiger partial charge on any atom is -0.367 e. The number of urea groups is 1. The van der Waals surface area contributed by atoms with Gasteiger partial charge >= 0.3 is 6.03 Å². The molecule has 8 heteroatoms. The minimum atomic E-state index is -0.229. The molecule has 26 heavy (non-hydrogen) atoms. The highest BCUT2D eigenvalue weighted by Crippen LogP contribution is 2.14. The third-order valence-electron chi connectivity index (χ3n) is 3.75. The van der Waals surface area contributed by atoms with E-state index in [1.54, 1.807) is 17.1 Å². The van der Waals surface area contributed by atoms with Crippen LogP contribution in [0.25, 0.3) is 5.82 Å². The van der Waals surface area contributed by atoms with E-state index in [2.05, 4.69) is 38.2 Å². The Morgan fingerprint density at radius 3 is 2.69 bits per heavy atom. The predicted octanol–water partition coefficient (Wildman–Crippen LogP) is 2.46. The Hall–Kier alpha value is -3.42. The minimum absolute atomic E-state index is 0.229. The van der Waals surface area contributed by atoms with Gasteiger partial charge in [0, 0.05) is 31.2 Å². The number of hydrogen-bond acceptors (Lipinski definition) is 5. The van der Waals surface area contributed by atoms with E-state index < -0.39 is 0 Å². The van der Waals surface area contributed by atoms with Crippen LogP contribution < -0.4 is 16.0 Å². The highest BCUT2D eigenvalue weighted by atomic mass is 16.2.